The normalized spacial score (nSPS) is 27.3. The number of piperidine rings is 2. The summed E-state index contributed by atoms with van der Waals surface area (Å²) in [6.45, 7) is 9.80. The van der Waals surface area contributed by atoms with Crippen molar-refractivity contribution < 1.29 is 14.4 Å². The summed E-state index contributed by atoms with van der Waals surface area (Å²) in [5, 5.41) is 2.99. The van der Waals surface area contributed by atoms with Crippen LogP contribution in [0.4, 0.5) is 4.79 Å². The number of amides is 4. The molecule has 3 saturated heterocycles. The zero-order valence-electron chi connectivity index (χ0n) is 15.6. The highest BCUT2D eigenvalue weighted by atomic mass is 16.2. The van der Waals surface area contributed by atoms with Crippen LogP contribution in [-0.4, -0.2) is 76.8 Å². The molecule has 25 heavy (non-hydrogen) atoms. The zero-order valence-corrected chi connectivity index (χ0v) is 15.6. The molecule has 0 saturated carbocycles. The first-order valence-corrected chi connectivity index (χ1v) is 9.46. The van der Waals surface area contributed by atoms with Crippen LogP contribution in [0.5, 0.6) is 0 Å². The van der Waals surface area contributed by atoms with E-state index >= 15 is 0 Å². The molecule has 3 aliphatic heterocycles. The monoisotopic (exact) mass is 350 g/mol. The highest BCUT2D eigenvalue weighted by Gasteiger charge is 2.54. The van der Waals surface area contributed by atoms with Crippen molar-refractivity contribution >= 4 is 17.8 Å². The number of carbonyl (C=O) groups excluding carboxylic acids is 3. The summed E-state index contributed by atoms with van der Waals surface area (Å²) in [6.07, 6.45) is 2.95. The van der Waals surface area contributed by atoms with Crippen molar-refractivity contribution in [1.82, 2.24) is 20.0 Å². The van der Waals surface area contributed by atoms with E-state index in [-0.39, 0.29) is 23.9 Å². The van der Waals surface area contributed by atoms with Gasteiger partial charge in [0.25, 0.3) is 5.91 Å². The van der Waals surface area contributed by atoms with Crippen molar-refractivity contribution in [2.75, 3.05) is 32.7 Å². The maximum absolute atomic E-state index is 13.1. The van der Waals surface area contributed by atoms with Gasteiger partial charge in [-0.05, 0) is 31.6 Å². The summed E-state index contributed by atoms with van der Waals surface area (Å²) in [5.74, 6) is 0.518. The molecule has 0 aromatic heterocycles. The Bertz CT molecular complexity index is 555. The number of hydrogen-bond donors (Lipinski definition) is 1. The Morgan fingerprint density at radius 2 is 1.92 bits per heavy atom. The van der Waals surface area contributed by atoms with Crippen LogP contribution in [0.3, 0.4) is 0 Å². The molecular formula is C18H30N4O3. The van der Waals surface area contributed by atoms with E-state index in [1.54, 1.807) is 11.8 Å². The van der Waals surface area contributed by atoms with E-state index in [1.807, 2.05) is 0 Å². The van der Waals surface area contributed by atoms with Crippen molar-refractivity contribution in [3.8, 4) is 0 Å². The Hall–Kier alpha value is -1.63. The lowest BCUT2D eigenvalue weighted by atomic mass is 9.86. The lowest BCUT2D eigenvalue weighted by molar-refractivity contribution is -0.138. The predicted molar refractivity (Wildman–Crippen MR) is 93.9 cm³/mol. The third-order valence-corrected chi connectivity index (χ3v) is 5.73. The van der Waals surface area contributed by atoms with Crippen molar-refractivity contribution in [2.45, 2.75) is 58.0 Å². The van der Waals surface area contributed by atoms with E-state index in [9.17, 15) is 14.4 Å². The molecule has 3 aliphatic rings. The fourth-order valence-electron chi connectivity index (χ4n) is 4.40. The second kappa shape index (κ2) is 6.94. The fourth-order valence-corrected chi connectivity index (χ4v) is 4.40. The molecule has 7 nitrogen and oxygen atoms in total. The third-order valence-electron chi connectivity index (χ3n) is 5.73. The summed E-state index contributed by atoms with van der Waals surface area (Å²) in [5.41, 5.74) is -0.733. The molecule has 0 unspecified atom stereocenters. The van der Waals surface area contributed by atoms with Gasteiger partial charge in [-0.15, -0.1) is 0 Å². The second-order valence-electron chi connectivity index (χ2n) is 8.14. The molecule has 1 N–H and O–H groups in total. The molecule has 0 radical (unpaired) electrons. The van der Waals surface area contributed by atoms with Crippen LogP contribution in [0.15, 0.2) is 0 Å². The van der Waals surface area contributed by atoms with Gasteiger partial charge >= 0.3 is 6.03 Å². The van der Waals surface area contributed by atoms with Crippen molar-refractivity contribution in [1.29, 1.82) is 0 Å². The van der Waals surface area contributed by atoms with Gasteiger partial charge in [0.15, 0.2) is 0 Å². The molecule has 4 amide bonds. The molecule has 3 heterocycles. The summed E-state index contributed by atoms with van der Waals surface area (Å²) >= 11 is 0. The van der Waals surface area contributed by atoms with Crippen molar-refractivity contribution in [2.24, 2.45) is 5.92 Å². The lowest BCUT2D eigenvalue weighted by Gasteiger charge is -2.39. The molecule has 0 aliphatic carbocycles. The number of nitrogens with zero attached hydrogens (tertiary/aromatic N) is 3. The van der Waals surface area contributed by atoms with E-state index in [2.05, 4.69) is 24.1 Å². The van der Waals surface area contributed by atoms with Gasteiger partial charge in [0.05, 0.1) is 6.04 Å². The van der Waals surface area contributed by atoms with E-state index in [1.165, 1.54) is 4.90 Å². The Labute approximate surface area is 149 Å². The molecule has 3 fully saturated rings. The number of urea groups is 1. The first kappa shape index (κ1) is 18.2. The predicted octanol–water partition coefficient (Wildman–Crippen LogP) is 1.04. The van der Waals surface area contributed by atoms with Gasteiger partial charge in [-0.2, -0.15) is 0 Å². The highest BCUT2D eigenvalue weighted by Crippen LogP contribution is 2.32. The lowest BCUT2D eigenvalue weighted by Crippen LogP contribution is -2.56. The molecule has 0 aromatic rings. The van der Waals surface area contributed by atoms with E-state index in [4.69, 9.17) is 0 Å². The third kappa shape index (κ3) is 3.52. The first-order valence-electron chi connectivity index (χ1n) is 9.46. The van der Waals surface area contributed by atoms with Crippen LogP contribution < -0.4 is 5.32 Å². The van der Waals surface area contributed by atoms with Gasteiger partial charge in [0.2, 0.25) is 5.91 Å². The van der Waals surface area contributed by atoms with Gasteiger partial charge in [0.1, 0.15) is 5.54 Å². The van der Waals surface area contributed by atoms with Crippen LogP contribution in [-0.2, 0) is 9.59 Å². The van der Waals surface area contributed by atoms with E-state index in [0.29, 0.717) is 31.8 Å². The number of rotatable bonds is 3. The Balaban J connectivity index is 1.67. The standard InChI is InChI=1S/C18H30N4O3/c1-13(2)11-20-9-6-18(7-10-20)16(24)22(17(25)19-18)15-5-4-8-21(12-15)14(3)23/h13,15H,4-12H2,1-3H3,(H,19,25)/t15-/m1/s1. The second-order valence-corrected chi connectivity index (χ2v) is 8.14. The quantitative estimate of drug-likeness (QED) is 0.772. The number of carbonyl (C=O) groups is 3. The number of nitrogens with one attached hydrogen (secondary N) is 1. The van der Waals surface area contributed by atoms with Crippen molar-refractivity contribution in [3.63, 3.8) is 0 Å². The van der Waals surface area contributed by atoms with Crippen LogP contribution in [0.25, 0.3) is 0 Å². The van der Waals surface area contributed by atoms with Gasteiger partial charge < -0.3 is 15.1 Å². The highest BCUT2D eigenvalue weighted by molar-refractivity contribution is 6.07. The summed E-state index contributed by atoms with van der Waals surface area (Å²) in [7, 11) is 0. The Kier molecular flexibility index (Phi) is 5.04. The Morgan fingerprint density at radius 1 is 1.24 bits per heavy atom. The van der Waals surface area contributed by atoms with Gasteiger partial charge in [0, 0.05) is 39.6 Å². The smallest absolute Gasteiger partial charge is 0.325 e. The van der Waals surface area contributed by atoms with Crippen LogP contribution >= 0.6 is 0 Å². The van der Waals surface area contributed by atoms with E-state index < -0.39 is 5.54 Å². The van der Waals surface area contributed by atoms with Crippen molar-refractivity contribution in [3.05, 3.63) is 0 Å². The molecule has 3 rings (SSSR count). The number of likely N-dealkylation sites (tertiary alicyclic amines) is 2. The molecule has 1 spiro atoms. The maximum atomic E-state index is 13.1. The SMILES string of the molecule is CC(=O)N1CCC[C@@H](N2C(=O)NC3(CCN(CC(C)C)CC3)C2=O)C1. The molecule has 7 heteroatoms. The minimum atomic E-state index is -0.733. The zero-order chi connectivity index (χ0) is 18.2. The van der Waals surface area contributed by atoms with E-state index in [0.717, 1.165) is 32.5 Å². The van der Waals surface area contributed by atoms with Gasteiger partial charge in [-0.3, -0.25) is 14.5 Å². The van der Waals surface area contributed by atoms with Crippen LogP contribution in [0, 0.1) is 5.92 Å². The molecule has 0 aromatic carbocycles. The van der Waals surface area contributed by atoms with Crippen LogP contribution in [0.1, 0.15) is 46.5 Å². The summed E-state index contributed by atoms with van der Waals surface area (Å²) in [4.78, 5) is 42.9. The van der Waals surface area contributed by atoms with Crippen LogP contribution in [0.2, 0.25) is 0 Å². The summed E-state index contributed by atoms with van der Waals surface area (Å²) in [6, 6.07) is -0.476. The number of imide groups is 1. The summed E-state index contributed by atoms with van der Waals surface area (Å²) < 4.78 is 0. The van der Waals surface area contributed by atoms with Gasteiger partial charge in [-0.25, -0.2) is 4.79 Å². The molecule has 1 atom stereocenters. The average molecular weight is 350 g/mol. The minimum absolute atomic E-state index is 0.00783. The molecule has 0 bridgehead atoms. The average Bonchev–Trinajstić information content (AvgIpc) is 2.80. The first-order chi connectivity index (χ1) is 11.8. The maximum Gasteiger partial charge on any atom is 0.325 e. The topological polar surface area (TPSA) is 73.0 Å². The minimum Gasteiger partial charge on any atom is -0.341 e. The molecular weight excluding hydrogens is 320 g/mol. The largest absolute Gasteiger partial charge is 0.341 e. The fraction of sp³-hybridized carbons (Fsp3) is 0.833. The molecule has 140 valence electrons. The Morgan fingerprint density at radius 3 is 2.52 bits per heavy atom. The van der Waals surface area contributed by atoms with Gasteiger partial charge in [-0.1, -0.05) is 13.8 Å². The number of hydrogen-bond acceptors (Lipinski definition) is 4.